The van der Waals surface area contributed by atoms with Crippen molar-refractivity contribution in [3.05, 3.63) is 9.90 Å². The Labute approximate surface area is 134 Å². The summed E-state index contributed by atoms with van der Waals surface area (Å²) in [7, 11) is 0. The van der Waals surface area contributed by atoms with Crippen molar-refractivity contribution in [3.8, 4) is 0 Å². The molecule has 4 rings (SSSR count). The summed E-state index contributed by atoms with van der Waals surface area (Å²) < 4.78 is 2.93. The third-order valence-electron chi connectivity index (χ3n) is 4.49. The second-order valence-electron chi connectivity index (χ2n) is 5.79. The molecule has 3 heterocycles. The van der Waals surface area contributed by atoms with E-state index in [0.717, 1.165) is 39.7 Å². The molecule has 0 amide bonds. The fourth-order valence-electron chi connectivity index (χ4n) is 3.41. The van der Waals surface area contributed by atoms with Gasteiger partial charge in [-0.2, -0.15) is 4.52 Å². The summed E-state index contributed by atoms with van der Waals surface area (Å²) in [5, 5.41) is 15.6. The topological polar surface area (TPSA) is 79.7 Å². The minimum absolute atomic E-state index is 0.0641. The maximum absolute atomic E-state index is 9.93. The first kappa shape index (κ1) is 13.2. The van der Waals surface area contributed by atoms with Crippen molar-refractivity contribution >= 4 is 44.0 Å². The van der Waals surface area contributed by atoms with Gasteiger partial charge in [-0.1, -0.05) is 11.3 Å². The van der Waals surface area contributed by atoms with Crippen molar-refractivity contribution in [3.63, 3.8) is 0 Å². The lowest BCUT2D eigenvalue weighted by Gasteiger charge is -2.32. The van der Waals surface area contributed by atoms with Gasteiger partial charge in [0.2, 0.25) is 10.1 Å². The molecule has 2 aliphatic rings. The fourth-order valence-corrected chi connectivity index (χ4v) is 4.94. The normalized spacial score (nSPS) is 33.9. The van der Waals surface area contributed by atoms with Crippen LogP contribution in [-0.2, 0) is 0 Å². The van der Waals surface area contributed by atoms with Crippen LogP contribution in [0.5, 0.6) is 0 Å². The molecular formula is C12H16IN5OS. The highest BCUT2D eigenvalue weighted by Crippen LogP contribution is 2.39. The monoisotopic (exact) mass is 405 g/mol. The maximum atomic E-state index is 9.93. The van der Waals surface area contributed by atoms with E-state index in [-0.39, 0.29) is 12.1 Å². The Morgan fingerprint density at radius 2 is 2.10 bits per heavy atom. The Bertz CT molecular complexity index is 625. The molecule has 2 aromatic rings. The van der Waals surface area contributed by atoms with E-state index in [1.165, 1.54) is 0 Å². The van der Waals surface area contributed by atoms with Crippen molar-refractivity contribution in [1.29, 1.82) is 0 Å². The Hall–Kier alpha value is -0.450. The number of imidazole rings is 1. The van der Waals surface area contributed by atoms with E-state index in [4.69, 9.17) is 5.73 Å². The predicted molar refractivity (Wildman–Crippen MR) is 86.0 cm³/mol. The number of aliphatic hydroxyl groups is 1. The zero-order valence-electron chi connectivity index (χ0n) is 10.8. The summed E-state index contributed by atoms with van der Waals surface area (Å²) in [6.07, 6.45) is 3.23. The molecule has 2 aromatic heterocycles. The van der Waals surface area contributed by atoms with Gasteiger partial charge in [-0.15, -0.1) is 5.10 Å². The fraction of sp³-hybridized carbons (Fsp3) is 0.667. The van der Waals surface area contributed by atoms with Crippen molar-refractivity contribution in [2.45, 2.75) is 25.0 Å². The molecule has 20 heavy (non-hydrogen) atoms. The average molecular weight is 405 g/mol. The van der Waals surface area contributed by atoms with Crippen LogP contribution in [0.1, 0.15) is 12.8 Å². The standard InChI is InChI=1S/C12H16IN5OS/c13-10-3-15-11-18(10)16-12(20-11)17-4-6-1-8(14)9(19)2-7(6)5-17/h3,6-9,19H,1-2,4-5,14H2/t6-,7+,8-,9-/m0/s1. The number of nitrogens with zero attached hydrogens (tertiary/aromatic N) is 4. The van der Waals surface area contributed by atoms with Gasteiger partial charge in [0.25, 0.3) is 0 Å². The van der Waals surface area contributed by atoms with Crippen LogP contribution in [0.4, 0.5) is 5.13 Å². The molecule has 108 valence electrons. The molecule has 1 saturated heterocycles. The van der Waals surface area contributed by atoms with Gasteiger partial charge >= 0.3 is 0 Å². The molecule has 0 spiro atoms. The second kappa shape index (κ2) is 4.79. The Balaban J connectivity index is 1.58. The zero-order chi connectivity index (χ0) is 13.9. The van der Waals surface area contributed by atoms with E-state index in [1.807, 2.05) is 10.7 Å². The molecule has 1 aliphatic heterocycles. The third-order valence-corrected chi connectivity index (χ3v) is 6.21. The molecule has 0 unspecified atom stereocenters. The number of rotatable bonds is 1. The van der Waals surface area contributed by atoms with E-state index in [2.05, 4.69) is 37.6 Å². The lowest BCUT2D eigenvalue weighted by molar-refractivity contribution is 0.0664. The lowest BCUT2D eigenvalue weighted by atomic mass is 9.78. The van der Waals surface area contributed by atoms with E-state index in [0.29, 0.717) is 11.8 Å². The molecule has 2 fully saturated rings. The van der Waals surface area contributed by atoms with E-state index >= 15 is 0 Å². The summed E-state index contributed by atoms with van der Waals surface area (Å²) >= 11 is 3.88. The van der Waals surface area contributed by atoms with Crippen molar-refractivity contribution in [2.75, 3.05) is 18.0 Å². The van der Waals surface area contributed by atoms with Crippen LogP contribution >= 0.6 is 33.9 Å². The molecule has 0 radical (unpaired) electrons. The highest BCUT2D eigenvalue weighted by Gasteiger charge is 2.41. The number of aromatic nitrogens is 3. The maximum Gasteiger partial charge on any atom is 0.214 e. The number of hydrogen-bond acceptors (Lipinski definition) is 6. The number of nitrogens with two attached hydrogens (primary N) is 1. The lowest BCUT2D eigenvalue weighted by Crippen LogP contribution is -2.43. The summed E-state index contributed by atoms with van der Waals surface area (Å²) in [6, 6.07) is -0.0641. The zero-order valence-corrected chi connectivity index (χ0v) is 13.8. The summed E-state index contributed by atoms with van der Waals surface area (Å²) in [6.45, 7) is 1.97. The van der Waals surface area contributed by atoms with Crippen molar-refractivity contribution in [1.82, 2.24) is 14.6 Å². The summed E-state index contributed by atoms with van der Waals surface area (Å²) in [4.78, 5) is 7.62. The van der Waals surface area contributed by atoms with Crippen LogP contribution in [0.2, 0.25) is 0 Å². The second-order valence-corrected chi connectivity index (χ2v) is 7.83. The minimum Gasteiger partial charge on any atom is -0.392 e. The smallest absolute Gasteiger partial charge is 0.214 e. The summed E-state index contributed by atoms with van der Waals surface area (Å²) in [5.74, 6) is 1.13. The molecule has 6 nitrogen and oxygen atoms in total. The van der Waals surface area contributed by atoms with Gasteiger partial charge in [0.05, 0.1) is 12.3 Å². The first-order valence-corrected chi connectivity index (χ1v) is 8.70. The van der Waals surface area contributed by atoms with Crippen molar-refractivity contribution < 1.29 is 5.11 Å². The molecule has 1 aliphatic carbocycles. The highest BCUT2D eigenvalue weighted by atomic mass is 127. The Morgan fingerprint density at radius 3 is 2.85 bits per heavy atom. The van der Waals surface area contributed by atoms with Gasteiger partial charge in [0.1, 0.15) is 3.70 Å². The van der Waals surface area contributed by atoms with Crippen LogP contribution in [0, 0.1) is 15.5 Å². The summed E-state index contributed by atoms with van der Waals surface area (Å²) in [5.41, 5.74) is 5.99. The largest absolute Gasteiger partial charge is 0.392 e. The molecule has 0 bridgehead atoms. The highest BCUT2D eigenvalue weighted by molar-refractivity contribution is 14.1. The van der Waals surface area contributed by atoms with Crippen LogP contribution in [0.15, 0.2) is 6.20 Å². The Kier molecular flexibility index (Phi) is 3.17. The number of halogens is 1. The minimum atomic E-state index is -0.342. The first-order chi connectivity index (χ1) is 9.61. The van der Waals surface area contributed by atoms with Crippen LogP contribution in [-0.4, -0.2) is 44.9 Å². The van der Waals surface area contributed by atoms with Gasteiger partial charge in [0, 0.05) is 19.1 Å². The number of anilines is 1. The van der Waals surface area contributed by atoms with Crippen LogP contribution in [0.25, 0.3) is 4.96 Å². The molecule has 8 heteroatoms. The molecule has 1 saturated carbocycles. The molecular weight excluding hydrogens is 389 g/mol. The SMILES string of the molecule is N[C@H]1C[C@H]2CN(c3nn4c(I)cnc4s3)C[C@H]2C[C@@H]1O. The quantitative estimate of drug-likeness (QED) is 0.691. The first-order valence-electron chi connectivity index (χ1n) is 6.80. The molecule has 3 N–H and O–H groups in total. The Morgan fingerprint density at radius 1 is 1.35 bits per heavy atom. The third kappa shape index (κ3) is 2.04. The van der Waals surface area contributed by atoms with Crippen LogP contribution in [0.3, 0.4) is 0 Å². The van der Waals surface area contributed by atoms with Gasteiger partial charge < -0.3 is 15.7 Å². The number of hydrogen-bond donors (Lipinski definition) is 2. The molecule has 0 aromatic carbocycles. The van der Waals surface area contributed by atoms with Gasteiger partial charge in [0.15, 0.2) is 0 Å². The molecule has 4 atom stereocenters. The van der Waals surface area contributed by atoms with Crippen LogP contribution < -0.4 is 10.6 Å². The van der Waals surface area contributed by atoms with Gasteiger partial charge in [-0.05, 0) is 47.3 Å². The van der Waals surface area contributed by atoms with E-state index in [1.54, 1.807) is 11.3 Å². The van der Waals surface area contributed by atoms with E-state index in [9.17, 15) is 5.11 Å². The van der Waals surface area contributed by atoms with E-state index < -0.39 is 0 Å². The van der Waals surface area contributed by atoms with Gasteiger partial charge in [-0.3, -0.25) is 0 Å². The average Bonchev–Trinajstić information content (AvgIpc) is 3.06. The van der Waals surface area contributed by atoms with Crippen molar-refractivity contribution in [2.24, 2.45) is 17.6 Å². The number of aliphatic hydroxyl groups excluding tert-OH is 1. The predicted octanol–water partition coefficient (Wildman–Crippen LogP) is 0.930. The number of fused-ring (bicyclic) bond motifs is 2. The van der Waals surface area contributed by atoms with Gasteiger partial charge in [-0.25, -0.2) is 4.98 Å².